The average Bonchev–Trinajstić information content (AvgIpc) is 2.94. The van der Waals surface area contributed by atoms with Gasteiger partial charge in [0.15, 0.2) is 0 Å². The molecule has 1 fully saturated rings. The van der Waals surface area contributed by atoms with Crippen LogP contribution in [0.25, 0.3) is 10.9 Å². The lowest BCUT2D eigenvalue weighted by atomic mass is 10.0. The van der Waals surface area contributed by atoms with Crippen LogP contribution in [-0.2, 0) is 4.74 Å². The van der Waals surface area contributed by atoms with Crippen LogP contribution in [0.5, 0.6) is 0 Å². The van der Waals surface area contributed by atoms with Gasteiger partial charge in [-0.05, 0) is 23.7 Å². The molecule has 0 radical (unpaired) electrons. The van der Waals surface area contributed by atoms with E-state index in [0.29, 0.717) is 26.2 Å². The first-order valence-electron chi connectivity index (χ1n) is 5.65. The number of nitrogens with zero attached hydrogens (tertiary/aromatic N) is 1. The van der Waals surface area contributed by atoms with Crippen LogP contribution >= 0.6 is 11.5 Å². The normalized spacial score (nSPS) is 24.3. The highest BCUT2D eigenvalue weighted by Gasteiger charge is 2.32. The minimum absolute atomic E-state index is 0.413. The summed E-state index contributed by atoms with van der Waals surface area (Å²) in [7, 11) is 0. The predicted octanol–water partition coefficient (Wildman–Crippen LogP) is 1.86. The molecule has 2 heterocycles. The largest absolute Gasteiger partial charge is 0.386 e. The van der Waals surface area contributed by atoms with Crippen molar-refractivity contribution in [2.45, 2.75) is 12.0 Å². The van der Waals surface area contributed by atoms with E-state index in [-0.39, 0.29) is 0 Å². The Morgan fingerprint density at radius 3 is 3.18 bits per heavy atom. The zero-order valence-electron chi connectivity index (χ0n) is 9.35. The Bertz CT molecular complexity index is 520. The highest BCUT2D eigenvalue weighted by molar-refractivity contribution is 7.11. The number of fused-ring (bicyclic) bond motifs is 1. The van der Waals surface area contributed by atoms with Gasteiger partial charge in [0.1, 0.15) is 10.6 Å². The lowest BCUT2D eigenvalue weighted by Crippen LogP contribution is -2.37. The quantitative estimate of drug-likeness (QED) is 0.873. The second kappa shape index (κ2) is 4.25. The molecule has 2 N–H and O–H groups in total. The highest BCUT2D eigenvalue weighted by atomic mass is 32.1. The second-order valence-electron chi connectivity index (χ2n) is 4.41. The van der Waals surface area contributed by atoms with Crippen LogP contribution in [-0.4, -0.2) is 34.8 Å². The second-order valence-corrected chi connectivity index (χ2v) is 5.18. The van der Waals surface area contributed by atoms with Crippen molar-refractivity contribution in [3.8, 4) is 0 Å². The van der Waals surface area contributed by atoms with E-state index in [2.05, 4.69) is 9.69 Å². The van der Waals surface area contributed by atoms with Gasteiger partial charge >= 0.3 is 0 Å². The van der Waals surface area contributed by atoms with Crippen molar-refractivity contribution in [2.24, 2.45) is 0 Å². The Hall–Kier alpha value is -1.17. The third-order valence-electron chi connectivity index (χ3n) is 3.04. The topological polar surface area (TPSA) is 54.4 Å². The Labute approximate surface area is 103 Å². The number of aromatic nitrogens is 1. The molecule has 0 spiro atoms. The van der Waals surface area contributed by atoms with E-state index in [1.165, 1.54) is 11.5 Å². The van der Waals surface area contributed by atoms with Gasteiger partial charge in [-0.15, -0.1) is 0 Å². The maximum atomic E-state index is 10.2. The Morgan fingerprint density at radius 2 is 2.35 bits per heavy atom. The number of benzene rings is 1. The summed E-state index contributed by atoms with van der Waals surface area (Å²) in [6, 6.07) is 8.00. The van der Waals surface area contributed by atoms with Gasteiger partial charge in [-0.3, -0.25) is 0 Å². The number of nitrogens with one attached hydrogen (secondary N) is 1. The fraction of sp³-hybridized carbons (Fsp3) is 0.417. The molecule has 0 saturated carbocycles. The van der Waals surface area contributed by atoms with E-state index in [1.807, 2.05) is 24.3 Å². The maximum absolute atomic E-state index is 10.2. The minimum atomic E-state index is -0.731. The standard InChI is InChI=1S/C12H14N2O2S/c15-12(5-6-16-8-12)7-13-11-9-3-1-2-4-10(9)14-17-11/h1-4,13,15H,5-8H2. The van der Waals surface area contributed by atoms with E-state index >= 15 is 0 Å². The molecule has 5 heteroatoms. The van der Waals surface area contributed by atoms with Gasteiger partial charge in [0.05, 0.1) is 12.1 Å². The molecule has 2 aromatic rings. The highest BCUT2D eigenvalue weighted by Crippen LogP contribution is 2.28. The Kier molecular flexibility index (Phi) is 2.74. The fourth-order valence-electron chi connectivity index (χ4n) is 2.00. The van der Waals surface area contributed by atoms with E-state index in [4.69, 9.17) is 4.74 Å². The van der Waals surface area contributed by atoms with Gasteiger partial charge in [0.25, 0.3) is 0 Å². The number of ether oxygens (including phenoxy) is 1. The molecule has 0 aliphatic carbocycles. The number of aliphatic hydroxyl groups is 1. The van der Waals surface area contributed by atoms with E-state index in [0.717, 1.165) is 15.9 Å². The molecule has 1 saturated heterocycles. The number of anilines is 1. The fourth-order valence-corrected chi connectivity index (χ4v) is 2.75. The van der Waals surface area contributed by atoms with Crippen LogP contribution in [0.2, 0.25) is 0 Å². The smallest absolute Gasteiger partial charge is 0.117 e. The molecular weight excluding hydrogens is 236 g/mol. The van der Waals surface area contributed by atoms with Gasteiger partial charge in [-0.1, -0.05) is 12.1 Å². The molecule has 1 aliphatic rings. The van der Waals surface area contributed by atoms with Crippen LogP contribution in [0.15, 0.2) is 24.3 Å². The molecule has 3 rings (SSSR count). The first-order chi connectivity index (χ1) is 8.27. The summed E-state index contributed by atoms with van der Waals surface area (Å²) in [5, 5.41) is 15.6. The molecule has 1 aromatic heterocycles. The zero-order chi connectivity index (χ0) is 11.7. The van der Waals surface area contributed by atoms with Gasteiger partial charge in [0, 0.05) is 25.0 Å². The van der Waals surface area contributed by atoms with Gasteiger partial charge in [-0.25, -0.2) is 0 Å². The van der Waals surface area contributed by atoms with Crippen molar-refractivity contribution in [1.82, 2.24) is 4.37 Å². The summed E-state index contributed by atoms with van der Waals surface area (Å²) < 4.78 is 9.57. The van der Waals surface area contributed by atoms with Crippen molar-refractivity contribution < 1.29 is 9.84 Å². The molecule has 1 aliphatic heterocycles. The predicted molar refractivity (Wildman–Crippen MR) is 68.5 cm³/mol. The molecule has 4 nitrogen and oxygen atoms in total. The van der Waals surface area contributed by atoms with Gasteiger partial charge < -0.3 is 15.2 Å². The summed E-state index contributed by atoms with van der Waals surface area (Å²) in [5.41, 5.74) is 0.264. The third-order valence-corrected chi connectivity index (χ3v) is 3.88. The molecular formula is C12H14N2O2S. The van der Waals surface area contributed by atoms with Gasteiger partial charge in [-0.2, -0.15) is 4.37 Å². The van der Waals surface area contributed by atoms with E-state index in [1.54, 1.807) is 0 Å². The lowest BCUT2D eigenvalue weighted by molar-refractivity contribution is 0.0383. The average molecular weight is 250 g/mol. The van der Waals surface area contributed by atoms with E-state index < -0.39 is 5.60 Å². The number of hydrogen-bond donors (Lipinski definition) is 2. The van der Waals surface area contributed by atoms with Crippen molar-refractivity contribution >= 4 is 27.4 Å². The van der Waals surface area contributed by atoms with Crippen molar-refractivity contribution in [3.05, 3.63) is 24.3 Å². The summed E-state index contributed by atoms with van der Waals surface area (Å²) in [4.78, 5) is 0. The first kappa shape index (κ1) is 11.0. The summed E-state index contributed by atoms with van der Waals surface area (Å²) in [5.74, 6) is 0. The molecule has 1 atom stereocenters. The van der Waals surface area contributed by atoms with Crippen LogP contribution < -0.4 is 5.32 Å². The SMILES string of the molecule is OC1(CNc2snc3ccccc23)CCOC1. The third kappa shape index (κ3) is 2.13. The number of rotatable bonds is 3. The number of hydrogen-bond acceptors (Lipinski definition) is 5. The van der Waals surface area contributed by atoms with Crippen LogP contribution in [0.3, 0.4) is 0 Å². The van der Waals surface area contributed by atoms with Crippen LogP contribution in [0, 0.1) is 0 Å². The zero-order valence-corrected chi connectivity index (χ0v) is 10.2. The maximum Gasteiger partial charge on any atom is 0.117 e. The Balaban J connectivity index is 1.76. The van der Waals surface area contributed by atoms with Crippen molar-refractivity contribution in [1.29, 1.82) is 0 Å². The molecule has 1 aromatic carbocycles. The first-order valence-corrected chi connectivity index (χ1v) is 6.43. The Morgan fingerprint density at radius 1 is 1.47 bits per heavy atom. The van der Waals surface area contributed by atoms with Crippen molar-refractivity contribution in [2.75, 3.05) is 25.1 Å². The van der Waals surface area contributed by atoms with Crippen molar-refractivity contribution in [3.63, 3.8) is 0 Å². The summed E-state index contributed by atoms with van der Waals surface area (Å²) in [6.07, 6.45) is 0.691. The molecule has 1 unspecified atom stereocenters. The molecule has 90 valence electrons. The van der Waals surface area contributed by atoms with Crippen LogP contribution in [0.1, 0.15) is 6.42 Å². The van der Waals surface area contributed by atoms with E-state index in [9.17, 15) is 5.11 Å². The minimum Gasteiger partial charge on any atom is -0.386 e. The molecule has 0 amide bonds. The summed E-state index contributed by atoms with van der Waals surface area (Å²) >= 11 is 1.43. The lowest BCUT2D eigenvalue weighted by Gasteiger charge is -2.20. The van der Waals surface area contributed by atoms with Crippen LogP contribution in [0.4, 0.5) is 5.00 Å². The monoisotopic (exact) mass is 250 g/mol. The van der Waals surface area contributed by atoms with Gasteiger partial charge in [0.2, 0.25) is 0 Å². The molecule has 17 heavy (non-hydrogen) atoms. The molecule has 0 bridgehead atoms. The summed E-state index contributed by atoms with van der Waals surface area (Å²) in [6.45, 7) is 1.57.